The number of carbonyl (C=O) groups is 2. The van der Waals surface area contributed by atoms with Gasteiger partial charge in [0.25, 0.3) is 0 Å². The number of amides is 2. The second-order valence-corrected chi connectivity index (χ2v) is 3.03. The van der Waals surface area contributed by atoms with Gasteiger partial charge in [-0.25, -0.2) is 0 Å². The van der Waals surface area contributed by atoms with Gasteiger partial charge in [-0.05, 0) is 13.3 Å². The fourth-order valence-electron chi connectivity index (χ4n) is 1.21. The molecule has 68 valence electrons. The maximum absolute atomic E-state index is 11.2. The molecule has 5 nitrogen and oxygen atoms in total. The molecule has 12 heavy (non-hydrogen) atoms. The number of primary amides is 1. The third-order valence-corrected chi connectivity index (χ3v) is 2.02. The molecule has 0 aromatic carbocycles. The molecule has 1 rings (SSSR count). The fourth-order valence-corrected chi connectivity index (χ4v) is 1.21. The summed E-state index contributed by atoms with van der Waals surface area (Å²) in [4.78, 5) is 23.4. The first-order valence-corrected chi connectivity index (χ1v) is 3.89. The van der Waals surface area contributed by atoms with Crippen LogP contribution in [0, 0.1) is 0 Å². The molecule has 0 aliphatic carbocycles. The summed E-state index contributed by atoms with van der Waals surface area (Å²) in [5.41, 5.74) is 10.4. The number of nitrogens with zero attached hydrogens (tertiary/aromatic N) is 1. The third-order valence-electron chi connectivity index (χ3n) is 2.02. The van der Waals surface area contributed by atoms with E-state index in [2.05, 4.69) is 0 Å². The molecule has 1 fully saturated rings. The van der Waals surface area contributed by atoms with Crippen LogP contribution in [0.15, 0.2) is 0 Å². The van der Waals surface area contributed by atoms with Gasteiger partial charge in [0.05, 0.1) is 6.04 Å². The van der Waals surface area contributed by atoms with Crippen molar-refractivity contribution in [2.45, 2.75) is 25.4 Å². The molecule has 1 heterocycles. The standard InChI is InChI=1S/C7H13N3O2/c1-4(8)7(12)10-3-2-5(10)6(9)11/h4-5H,2-3,8H2,1H3,(H2,9,11)/t4-,5?/m1/s1. The second kappa shape index (κ2) is 3.10. The van der Waals surface area contributed by atoms with Crippen LogP contribution in [0.5, 0.6) is 0 Å². The predicted octanol–water partition coefficient (Wildman–Crippen LogP) is -1.58. The molecule has 0 saturated carbocycles. The van der Waals surface area contributed by atoms with Crippen LogP contribution in [-0.2, 0) is 9.59 Å². The number of rotatable bonds is 2. The highest BCUT2D eigenvalue weighted by Gasteiger charge is 2.36. The van der Waals surface area contributed by atoms with Crippen LogP contribution in [0.2, 0.25) is 0 Å². The van der Waals surface area contributed by atoms with Crippen LogP contribution in [-0.4, -0.2) is 35.3 Å². The average Bonchev–Trinajstić information content (AvgIpc) is 1.82. The van der Waals surface area contributed by atoms with E-state index < -0.39 is 18.0 Å². The number of hydrogen-bond donors (Lipinski definition) is 2. The minimum atomic E-state index is -0.549. The molecule has 0 radical (unpaired) electrons. The monoisotopic (exact) mass is 171 g/mol. The Balaban J connectivity index is 2.55. The lowest BCUT2D eigenvalue weighted by atomic mass is 10.0. The molecule has 1 aliphatic heterocycles. The first-order valence-electron chi connectivity index (χ1n) is 3.89. The fraction of sp³-hybridized carbons (Fsp3) is 0.714. The maximum atomic E-state index is 11.2. The van der Waals surface area contributed by atoms with E-state index >= 15 is 0 Å². The van der Waals surface area contributed by atoms with Crippen molar-refractivity contribution in [1.82, 2.24) is 4.90 Å². The molecule has 5 heteroatoms. The van der Waals surface area contributed by atoms with Gasteiger partial charge in [0.2, 0.25) is 11.8 Å². The van der Waals surface area contributed by atoms with Crippen LogP contribution in [0.25, 0.3) is 0 Å². The predicted molar refractivity (Wildman–Crippen MR) is 43.0 cm³/mol. The van der Waals surface area contributed by atoms with Crippen molar-refractivity contribution in [1.29, 1.82) is 0 Å². The summed E-state index contributed by atoms with van der Waals surface area (Å²) in [6.45, 7) is 2.19. The Bertz CT molecular complexity index is 215. The smallest absolute Gasteiger partial charge is 0.240 e. The number of carbonyl (C=O) groups excluding carboxylic acids is 2. The molecule has 0 spiro atoms. The van der Waals surface area contributed by atoms with Crippen molar-refractivity contribution in [2.75, 3.05) is 6.54 Å². The SMILES string of the molecule is C[C@@H](N)C(=O)N1CCC1C(N)=O. The summed E-state index contributed by atoms with van der Waals surface area (Å²) in [5.74, 6) is -0.652. The minimum absolute atomic E-state index is 0.204. The summed E-state index contributed by atoms with van der Waals surface area (Å²) < 4.78 is 0. The average molecular weight is 171 g/mol. The normalized spacial score (nSPS) is 24.5. The summed E-state index contributed by atoms with van der Waals surface area (Å²) in [7, 11) is 0. The minimum Gasteiger partial charge on any atom is -0.368 e. The van der Waals surface area contributed by atoms with E-state index in [9.17, 15) is 9.59 Å². The van der Waals surface area contributed by atoms with Gasteiger partial charge in [-0.1, -0.05) is 0 Å². The van der Waals surface area contributed by atoms with Crippen LogP contribution in [0.3, 0.4) is 0 Å². The molecule has 0 bridgehead atoms. The lowest BCUT2D eigenvalue weighted by Gasteiger charge is -2.39. The van der Waals surface area contributed by atoms with Gasteiger partial charge in [0.1, 0.15) is 6.04 Å². The van der Waals surface area contributed by atoms with Gasteiger partial charge in [-0.3, -0.25) is 9.59 Å². The Labute approximate surface area is 70.7 Å². The molecule has 2 atom stereocenters. The van der Waals surface area contributed by atoms with E-state index in [0.717, 1.165) is 0 Å². The van der Waals surface area contributed by atoms with Gasteiger partial charge >= 0.3 is 0 Å². The molecule has 4 N–H and O–H groups in total. The van der Waals surface area contributed by atoms with Crippen molar-refractivity contribution in [3.8, 4) is 0 Å². The van der Waals surface area contributed by atoms with Crippen molar-refractivity contribution < 1.29 is 9.59 Å². The summed E-state index contributed by atoms with van der Waals surface area (Å²) in [5, 5.41) is 0. The largest absolute Gasteiger partial charge is 0.368 e. The van der Waals surface area contributed by atoms with Crippen molar-refractivity contribution in [3.63, 3.8) is 0 Å². The maximum Gasteiger partial charge on any atom is 0.240 e. The van der Waals surface area contributed by atoms with Crippen LogP contribution in [0.1, 0.15) is 13.3 Å². The molecule has 1 saturated heterocycles. The Hall–Kier alpha value is -1.10. The number of nitrogens with two attached hydrogens (primary N) is 2. The molecule has 0 aromatic rings. The van der Waals surface area contributed by atoms with Gasteiger partial charge in [0, 0.05) is 6.54 Å². The lowest BCUT2D eigenvalue weighted by Crippen LogP contribution is -2.60. The molecule has 0 aromatic heterocycles. The first kappa shape index (κ1) is 8.99. The van der Waals surface area contributed by atoms with Gasteiger partial charge in [-0.15, -0.1) is 0 Å². The van der Waals surface area contributed by atoms with Crippen molar-refractivity contribution in [3.05, 3.63) is 0 Å². The zero-order chi connectivity index (χ0) is 9.30. The number of likely N-dealkylation sites (tertiary alicyclic amines) is 1. The Morgan fingerprint density at radius 1 is 1.58 bits per heavy atom. The molecular formula is C7H13N3O2. The Morgan fingerprint density at radius 3 is 2.42 bits per heavy atom. The highest BCUT2D eigenvalue weighted by Crippen LogP contribution is 2.17. The molecule has 2 amide bonds. The Kier molecular flexibility index (Phi) is 2.32. The molecular weight excluding hydrogens is 158 g/mol. The molecule has 1 unspecified atom stereocenters. The van der Waals surface area contributed by atoms with E-state index in [1.807, 2.05) is 0 Å². The van der Waals surface area contributed by atoms with E-state index in [0.29, 0.717) is 13.0 Å². The molecule has 1 aliphatic rings. The van der Waals surface area contributed by atoms with Crippen LogP contribution in [0.4, 0.5) is 0 Å². The van der Waals surface area contributed by atoms with Crippen molar-refractivity contribution in [2.24, 2.45) is 11.5 Å². The van der Waals surface area contributed by atoms with Crippen LogP contribution >= 0.6 is 0 Å². The van der Waals surface area contributed by atoms with E-state index in [1.54, 1.807) is 6.92 Å². The highest BCUT2D eigenvalue weighted by atomic mass is 16.2. The number of hydrogen-bond acceptors (Lipinski definition) is 3. The van der Waals surface area contributed by atoms with Crippen molar-refractivity contribution >= 4 is 11.8 Å². The van der Waals surface area contributed by atoms with E-state index in [4.69, 9.17) is 11.5 Å². The summed E-state index contributed by atoms with van der Waals surface area (Å²) in [6, 6.07) is -0.976. The zero-order valence-electron chi connectivity index (χ0n) is 6.99. The second-order valence-electron chi connectivity index (χ2n) is 3.03. The highest BCUT2D eigenvalue weighted by molar-refractivity contribution is 5.90. The zero-order valence-corrected chi connectivity index (χ0v) is 6.99. The topological polar surface area (TPSA) is 89.4 Å². The van der Waals surface area contributed by atoms with E-state index in [-0.39, 0.29) is 5.91 Å². The quantitative estimate of drug-likeness (QED) is 0.525. The van der Waals surface area contributed by atoms with Gasteiger partial charge < -0.3 is 16.4 Å². The third kappa shape index (κ3) is 1.40. The van der Waals surface area contributed by atoms with Crippen LogP contribution < -0.4 is 11.5 Å². The van der Waals surface area contributed by atoms with E-state index in [1.165, 1.54) is 4.90 Å². The van der Waals surface area contributed by atoms with Gasteiger partial charge in [-0.2, -0.15) is 0 Å². The Morgan fingerprint density at radius 2 is 2.17 bits per heavy atom. The summed E-state index contributed by atoms with van der Waals surface area (Å²) in [6.07, 6.45) is 0.661. The van der Waals surface area contributed by atoms with Gasteiger partial charge in [0.15, 0.2) is 0 Å². The lowest BCUT2D eigenvalue weighted by molar-refractivity contribution is -0.146. The first-order chi connectivity index (χ1) is 5.54. The summed E-state index contributed by atoms with van der Waals surface area (Å²) >= 11 is 0.